The smallest absolute Gasteiger partial charge is 0.318 e. The van der Waals surface area contributed by atoms with Crippen molar-refractivity contribution in [2.24, 2.45) is 0 Å². The van der Waals surface area contributed by atoms with Crippen LogP contribution < -0.4 is 5.48 Å². The lowest BCUT2D eigenvalue weighted by Crippen LogP contribution is -2.50. The molecule has 1 aromatic heterocycles. The Labute approximate surface area is 186 Å². The van der Waals surface area contributed by atoms with Crippen molar-refractivity contribution in [2.45, 2.75) is 36.7 Å². The Balaban J connectivity index is 1.65. The maximum absolute atomic E-state index is 14.4. The minimum Gasteiger partial charge on any atom is -0.318 e. The number of likely N-dealkylation sites (tertiary alicyclic amines) is 1. The van der Waals surface area contributed by atoms with Gasteiger partial charge in [0.2, 0.25) is 0 Å². The number of alkyl halides is 1. The molecule has 1 saturated heterocycles. The second-order valence-corrected chi connectivity index (χ2v) is 10.9. The lowest BCUT2D eigenvalue weighted by atomic mass is 10.1. The summed E-state index contributed by atoms with van der Waals surface area (Å²) in [6.45, 7) is 2.32. The van der Waals surface area contributed by atoms with Gasteiger partial charge in [-0.3, -0.25) is 14.6 Å². The van der Waals surface area contributed by atoms with Gasteiger partial charge in [0.05, 0.1) is 6.54 Å². The predicted molar refractivity (Wildman–Crippen MR) is 114 cm³/mol. The molecule has 2 atom stereocenters. The van der Waals surface area contributed by atoms with Gasteiger partial charge in [0.25, 0.3) is 5.91 Å². The van der Waals surface area contributed by atoms with Crippen LogP contribution >= 0.6 is 0 Å². The molecule has 3 rings (SSSR count). The van der Waals surface area contributed by atoms with Crippen molar-refractivity contribution in [1.29, 1.82) is 0 Å². The molecule has 2 aliphatic rings. The number of sulfone groups is 1. The minimum absolute atomic E-state index is 0.00296. The summed E-state index contributed by atoms with van der Waals surface area (Å²) in [6, 6.07) is 1.33. The summed E-state index contributed by atoms with van der Waals surface area (Å²) >= 11 is 0. The van der Waals surface area contributed by atoms with E-state index in [1.165, 1.54) is 28.1 Å². The second-order valence-electron chi connectivity index (χ2n) is 8.44. The zero-order valence-electron chi connectivity index (χ0n) is 18.1. The van der Waals surface area contributed by atoms with Gasteiger partial charge in [-0.25, -0.2) is 23.1 Å². The van der Waals surface area contributed by atoms with Gasteiger partial charge in [0, 0.05) is 49.8 Å². The maximum Gasteiger partial charge on any atom is 0.328 e. The van der Waals surface area contributed by atoms with Crippen molar-refractivity contribution in [1.82, 2.24) is 19.8 Å². The molecule has 0 aromatic carbocycles. The van der Waals surface area contributed by atoms with Crippen LogP contribution in [0.2, 0.25) is 0 Å². The van der Waals surface area contributed by atoms with Gasteiger partial charge in [-0.15, -0.1) is 0 Å². The molecule has 11 heteroatoms. The van der Waals surface area contributed by atoms with Gasteiger partial charge in [0.1, 0.15) is 0 Å². The fourth-order valence-electron chi connectivity index (χ4n) is 3.70. The van der Waals surface area contributed by atoms with E-state index in [0.717, 1.165) is 6.26 Å². The highest BCUT2D eigenvalue weighted by molar-refractivity contribution is 7.92. The van der Waals surface area contributed by atoms with E-state index in [0.29, 0.717) is 24.2 Å². The largest absolute Gasteiger partial charge is 0.328 e. The number of fused-ring (bicyclic) bond motifs is 1. The first-order valence-corrected chi connectivity index (χ1v) is 11.8. The Morgan fingerprint density at radius 3 is 2.69 bits per heavy atom. The van der Waals surface area contributed by atoms with Gasteiger partial charge >= 0.3 is 6.03 Å². The van der Waals surface area contributed by atoms with Gasteiger partial charge < -0.3 is 9.80 Å². The van der Waals surface area contributed by atoms with Crippen LogP contribution in [0, 0.1) is 23.7 Å². The number of carbonyl (C=O) groups excluding carboxylic acids is 2. The summed E-state index contributed by atoms with van der Waals surface area (Å²) in [7, 11) is -2.02. The highest BCUT2D eigenvalue weighted by Gasteiger charge is 2.44. The summed E-state index contributed by atoms with van der Waals surface area (Å²) in [5.41, 5.74) is 1.05. The standard InChI is InChI=1S/C21H25FN4O5S/c1-20(18(27)23-29,32(3,30)31)8-11-25-14-17-12-16(13-26(17)19(25)28)6-4-5-7-21(22)9-10-24(2)15-21/h12-13,29H,8-11,14-15H2,1-3H3,(H,23,27)/t20-,21+/m1/s1. The van der Waals surface area contributed by atoms with E-state index in [1.807, 2.05) is 11.9 Å². The number of nitrogens with one attached hydrogen (secondary N) is 1. The molecule has 0 bridgehead atoms. The SMILES string of the molecule is CN1CC[C@@](F)(C#CC#Cc2cc3n(c2)C(=O)N(CC[C@](C)(C(=O)NO)S(C)(=O)=O)C3)C1. The topological polar surface area (TPSA) is 112 Å². The number of carbonyl (C=O) groups is 2. The number of rotatable bonds is 5. The highest BCUT2D eigenvalue weighted by atomic mass is 32.2. The number of hydroxylamine groups is 1. The van der Waals surface area contributed by atoms with E-state index in [4.69, 9.17) is 5.21 Å². The third kappa shape index (κ3) is 4.65. The third-order valence-electron chi connectivity index (χ3n) is 5.95. The first-order chi connectivity index (χ1) is 14.9. The molecule has 0 spiro atoms. The van der Waals surface area contributed by atoms with Crippen molar-refractivity contribution < 1.29 is 27.6 Å². The normalized spacial score (nSPS) is 22.4. The van der Waals surface area contributed by atoms with Crippen LogP contribution in [0.15, 0.2) is 12.3 Å². The zero-order chi connectivity index (χ0) is 23.7. The molecule has 2 aliphatic heterocycles. The molecule has 0 unspecified atom stereocenters. The summed E-state index contributed by atoms with van der Waals surface area (Å²) in [4.78, 5) is 27.9. The number of aromatic nitrogens is 1. The molecular formula is C21H25FN4O5S. The quantitative estimate of drug-likeness (QED) is 0.370. The summed E-state index contributed by atoms with van der Waals surface area (Å²) in [5, 5.41) is 8.90. The molecule has 0 saturated carbocycles. The van der Waals surface area contributed by atoms with E-state index < -0.39 is 26.2 Å². The van der Waals surface area contributed by atoms with Crippen molar-refractivity contribution in [2.75, 3.05) is 32.9 Å². The van der Waals surface area contributed by atoms with E-state index >= 15 is 0 Å². The molecule has 2 N–H and O–H groups in total. The molecule has 0 radical (unpaired) electrons. The second kappa shape index (κ2) is 8.58. The lowest BCUT2D eigenvalue weighted by molar-refractivity contribution is -0.131. The Kier molecular flexibility index (Phi) is 6.38. The van der Waals surface area contributed by atoms with Crippen LogP contribution in [-0.4, -0.2) is 83.3 Å². The van der Waals surface area contributed by atoms with Gasteiger partial charge in [-0.05, 0) is 44.2 Å². The van der Waals surface area contributed by atoms with E-state index in [2.05, 4.69) is 23.7 Å². The minimum atomic E-state index is -3.85. The number of hydrogen-bond donors (Lipinski definition) is 2. The van der Waals surface area contributed by atoms with E-state index in [9.17, 15) is 22.4 Å². The average molecular weight is 465 g/mol. The molecule has 172 valence electrons. The van der Waals surface area contributed by atoms with Crippen LogP contribution in [0.3, 0.4) is 0 Å². The Morgan fingerprint density at radius 1 is 1.41 bits per heavy atom. The summed E-state index contributed by atoms with van der Waals surface area (Å²) < 4.78 is 38.0. The van der Waals surface area contributed by atoms with E-state index in [-0.39, 0.29) is 32.1 Å². The molecule has 0 aliphatic carbocycles. The van der Waals surface area contributed by atoms with Gasteiger partial charge in [-0.2, -0.15) is 0 Å². The molecule has 1 fully saturated rings. The number of hydrogen-bond acceptors (Lipinski definition) is 6. The van der Waals surface area contributed by atoms with Crippen molar-refractivity contribution in [3.63, 3.8) is 0 Å². The van der Waals surface area contributed by atoms with Crippen LogP contribution in [0.5, 0.6) is 0 Å². The van der Waals surface area contributed by atoms with Gasteiger partial charge in [0.15, 0.2) is 20.3 Å². The maximum atomic E-state index is 14.4. The number of amides is 2. The van der Waals surface area contributed by atoms with Gasteiger partial charge in [-0.1, -0.05) is 5.92 Å². The van der Waals surface area contributed by atoms with Crippen LogP contribution in [0.1, 0.15) is 31.0 Å². The molecule has 1 aromatic rings. The van der Waals surface area contributed by atoms with Crippen molar-refractivity contribution in [3.8, 4) is 23.7 Å². The first kappa shape index (κ1) is 23.8. The van der Waals surface area contributed by atoms with Crippen molar-refractivity contribution in [3.05, 3.63) is 23.5 Å². The Morgan fingerprint density at radius 2 is 2.12 bits per heavy atom. The van der Waals surface area contributed by atoms with Crippen LogP contribution in [0.4, 0.5) is 9.18 Å². The summed E-state index contributed by atoms with van der Waals surface area (Å²) in [5.74, 6) is 9.50. The average Bonchev–Trinajstić information content (AvgIpc) is 3.36. The fraction of sp³-hybridized carbons (Fsp3) is 0.524. The van der Waals surface area contributed by atoms with Crippen LogP contribution in [-0.2, 0) is 21.2 Å². The fourth-order valence-corrected chi connectivity index (χ4v) is 4.55. The monoisotopic (exact) mass is 464 g/mol. The molecule has 3 heterocycles. The molecule has 32 heavy (non-hydrogen) atoms. The first-order valence-electron chi connectivity index (χ1n) is 9.94. The lowest BCUT2D eigenvalue weighted by Gasteiger charge is -2.27. The number of nitrogens with zero attached hydrogens (tertiary/aromatic N) is 3. The van der Waals surface area contributed by atoms with Crippen LogP contribution in [0.25, 0.3) is 0 Å². The molecule has 9 nitrogen and oxygen atoms in total. The Bertz CT molecular complexity index is 1170. The van der Waals surface area contributed by atoms with Crippen molar-refractivity contribution >= 4 is 21.8 Å². The molecule has 2 amide bonds. The predicted octanol–water partition coefficient (Wildman–Crippen LogP) is 0.369. The Hall–Kier alpha value is -2.86. The molecular weight excluding hydrogens is 439 g/mol. The van der Waals surface area contributed by atoms with E-state index in [1.54, 1.807) is 6.07 Å². The third-order valence-corrected chi connectivity index (χ3v) is 7.98. The number of halogens is 1. The zero-order valence-corrected chi connectivity index (χ0v) is 18.9. The highest BCUT2D eigenvalue weighted by Crippen LogP contribution is 2.26. The summed E-state index contributed by atoms with van der Waals surface area (Å²) in [6.07, 6.45) is 2.61.